The van der Waals surface area contributed by atoms with Crippen LogP contribution in [0.1, 0.15) is 22.5 Å². The van der Waals surface area contributed by atoms with Crippen LogP contribution in [0.5, 0.6) is 0 Å². The lowest BCUT2D eigenvalue weighted by molar-refractivity contribution is -0.124. The minimum absolute atomic E-state index is 0.590. The van der Waals surface area contributed by atoms with Gasteiger partial charge >= 0.3 is 0 Å². The maximum atomic E-state index is 11.2. The molecule has 2 aromatic heterocycles. The smallest absolute Gasteiger partial charge is 0.267 e. The highest BCUT2D eigenvalue weighted by molar-refractivity contribution is 5.91. The number of aryl methyl sites for hydroxylation is 2. The number of carbonyl (C=O) groups is 1. The second-order valence-corrected chi connectivity index (χ2v) is 7.01. The largest absolute Gasteiger partial charge is 0.308 e. The first-order valence-corrected chi connectivity index (χ1v) is 9.78. The summed E-state index contributed by atoms with van der Waals surface area (Å²) in [6, 6.07) is 22.5. The fourth-order valence-electron chi connectivity index (χ4n) is 3.40. The SMILES string of the molecule is O=C(/C=C/c1cnc2c(c1)nc(CCc1ccccc1)n2Cc1ccccc1)NO. The second-order valence-electron chi connectivity index (χ2n) is 7.01. The minimum atomic E-state index is -0.590. The van der Waals surface area contributed by atoms with Crippen LogP contribution in [0.4, 0.5) is 0 Å². The lowest BCUT2D eigenvalue weighted by Crippen LogP contribution is -2.14. The van der Waals surface area contributed by atoms with Crippen molar-refractivity contribution in [2.45, 2.75) is 19.4 Å². The average molecular weight is 398 g/mol. The van der Waals surface area contributed by atoms with Gasteiger partial charge in [-0.2, -0.15) is 0 Å². The van der Waals surface area contributed by atoms with Gasteiger partial charge in [0, 0.05) is 18.7 Å². The van der Waals surface area contributed by atoms with Gasteiger partial charge in [-0.1, -0.05) is 60.7 Å². The second kappa shape index (κ2) is 9.15. The molecule has 0 unspecified atom stereocenters. The summed E-state index contributed by atoms with van der Waals surface area (Å²) in [5.41, 5.74) is 6.36. The Morgan fingerprint density at radius 1 is 1.00 bits per heavy atom. The van der Waals surface area contributed by atoms with E-state index in [0.29, 0.717) is 6.54 Å². The van der Waals surface area contributed by atoms with Crippen molar-refractivity contribution in [3.63, 3.8) is 0 Å². The molecule has 6 nitrogen and oxygen atoms in total. The maximum Gasteiger partial charge on any atom is 0.267 e. The highest BCUT2D eigenvalue weighted by Crippen LogP contribution is 2.20. The Morgan fingerprint density at radius 3 is 2.40 bits per heavy atom. The standard InChI is InChI=1S/C24H22N4O2/c29-23(27-30)14-12-20-15-21-24(25-16-20)28(17-19-9-5-2-6-10-19)22(26-21)13-11-18-7-3-1-4-8-18/h1-10,12,14-16,30H,11,13,17H2,(H,27,29)/b14-12+. The first kappa shape index (κ1) is 19.5. The molecule has 0 saturated heterocycles. The molecule has 30 heavy (non-hydrogen) atoms. The van der Waals surface area contributed by atoms with Crippen molar-refractivity contribution in [3.8, 4) is 0 Å². The van der Waals surface area contributed by atoms with Crippen molar-refractivity contribution in [1.82, 2.24) is 20.0 Å². The lowest BCUT2D eigenvalue weighted by atomic mass is 10.1. The Balaban J connectivity index is 1.68. The number of nitrogens with one attached hydrogen (secondary N) is 1. The molecule has 0 atom stereocenters. The van der Waals surface area contributed by atoms with Gasteiger partial charge in [0.25, 0.3) is 5.91 Å². The molecule has 0 bridgehead atoms. The summed E-state index contributed by atoms with van der Waals surface area (Å²) >= 11 is 0. The molecule has 0 spiro atoms. The van der Waals surface area contributed by atoms with Crippen LogP contribution >= 0.6 is 0 Å². The Kier molecular flexibility index (Phi) is 5.96. The molecule has 0 saturated carbocycles. The van der Waals surface area contributed by atoms with Crippen molar-refractivity contribution in [2.75, 3.05) is 0 Å². The van der Waals surface area contributed by atoms with Crippen molar-refractivity contribution < 1.29 is 10.0 Å². The summed E-state index contributed by atoms with van der Waals surface area (Å²) in [4.78, 5) is 20.7. The van der Waals surface area contributed by atoms with Crippen molar-refractivity contribution in [3.05, 3.63) is 102 Å². The monoisotopic (exact) mass is 398 g/mol. The molecule has 1 amide bonds. The van der Waals surface area contributed by atoms with E-state index in [1.54, 1.807) is 17.8 Å². The van der Waals surface area contributed by atoms with Crippen molar-refractivity contribution >= 4 is 23.1 Å². The van der Waals surface area contributed by atoms with Crippen LogP contribution < -0.4 is 5.48 Å². The molecular weight excluding hydrogens is 376 g/mol. The summed E-state index contributed by atoms with van der Waals surface area (Å²) in [6.45, 7) is 0.691. The molecule has 0 aliphatic heterocycles. The zero-order chi connectivity index (χ0) is 20.8. The summed E-state index contributed by atoms with van der Waals surface area (Å²) in [5.74, 6) is 0.382. The zero-order valence-corrected chi connectivity index (χ0v) is 16.4. The normalized spacial score (nSPS) is 11.2. The van der Waals surface area contributed by atoms with Gasteiger partial charge in [0.1, 0.15) is 11.3 Å². The topological polar surface area (TPSA) is 80.0 Å². The molecule has 2 aromatic carbocycles. The molecule has 0 aliphatic rings. The molecular formula is C24H22N4O2. The van der Waals surface area contributed by atoms with Gasteiger partial charge in [0.15, 0.2) is 5.65 Å². The molecule has 2 heterocycles. The van der Waals surface area contributed by atoms with Crippen LogP contribution in [0, 0.1) is 0 Å². The number of fused-ring (bicyclic) bond motifs is 1. The Morgan fingerprint density at radius 2 is 1.70 bits per heavy atom. The van der Waals surface area contributed by atoms with E-state index in [1.165, 1.54) is 17.2 Å². The highest BCUT2D eigenvalue weighted by Gasteiger charge is 2.13. The number of imidazole rings is 1. The number of nitrogens with zero attached hydrogens (tertiary/aromatic N) is 3. The molecule has 0 fully saturated rings. The predicted molar refractivity (Wildman–Crippen MR) is 116 cm³/mol. The first-order valence-electron chi connectivity index (χ1n) is 9.78. The van der Waals surface area contributed by atoms with Crippen LogP contribution in [0.2, 0.25) is 0 Å². The van der Waals surface area contributed by atoms with E-state index in [2.05, 4.69) is 33.8 Å². The summed E-state index contributed by atoms with van der Waals surface area (Å²) in [7, 11) is 0. The minimum Gasteiger partial charge on any atom is -0.308 e. The van der Waals surface area contributed by atoms with E-state index < -0.39 is 5.91 Å². The van der Waals surface area contributed by atoms with E-state index in [4.69, 9.17) is 10.2 Å². The molecule has 0 radical (unpaired) electrons. The fraction of sp³-hybridized carbons (Fsp3) is 0.125. The van der Waals surface area contributed by atoms with Crippen LogP contribution in [0.15, 0.2) is 79.0 Å². The quantitative estimate of drug-likeness (QED) is 0.282. The van der Waals surface area contributed by atoms with Gasteiger partial charge in [0.05, 0.1) is 6.54 Å². The molecule has 2 N–H and O–H groups in total. The van der Waals surface area contributed by atoms with Gasteiger partial charge < -0.3 is 4.57 Å². The number of hydroxylamine groups is 1. The van der Waals surface area contributed by atoms with Gasteiger partial charge in [-0.05, 0) is 35.3 Å². The third kappa shape index (κ3) is 4.61. The van der Waals surface area contributed by atoms with Gasteiger partial charge in [0.2, 0.25) is 0 Å². The van der Waals surface area contributed by atoms with E-state index in [-0.39, 0.29) is 0 Å². The average Bonchev–Trinajstić information content (AvgIpc) is 3.14. The lowest BCUT2D eigenvalue weighted by Gasteiger charge is -2.09. The van der Waals surface area contributed by atoms with E-state index in [1.807, 2.05) is 42.5 Å². The van der Waals surface area contributed by atoms with Crippen LogP contribution in [0.3, 0.4) is 0 Å². The predicted octanol–water partition coefficient (Wildman–Crippen LogP) is 3.78. The molecule has 4 aromatic rings. The molecule has 0 aliphatic carbocycles. The maximum absolute atomic E-state index is 11.2. The zero-order valence-electron chi connectivity index (χ0n) is 16.4. The summed E-state index contributed by atoms with van der Waals surface area (Å²) < 4.78 is 2.15. The number of hydrogen-bond acceptors (Lipinski definition) is 4. The summed E-state index contributed by atoms with van der Waals surface area (Å²) in [6.07, 6.45) is 6.24. The number of pyridine rings is 1. The Hall–Kier alpha value is -3.77. The van der Waals surface area contributed by atoms with Crippen LogP contribution in [-0.4, -0.2) is 25.6 Å². The highest BCUT2D eigenvalue weighted by atomic mass is 16.5. The number of benzene rings is 2. The Bertz CT molecular complexity index is 1170. The number of amides is 1. The summed E-state index contributed by atoms with van der Waals surface area (Å²) in [5, 5.41) is 8.64. The number of carbonyl (C=O) groups excluding carboxylic acids is 1. The number of rotatable bonds is 7. The Labute approximate surface area is 174 Å². The fourth-order valence-corrected chi connectivity index (χ4v) is 3.40. The third-order valence-corrected chi connectivity index (χ3v) is 4.89. The van der Waals surface area contributed by atoms with Gasteiger partial charge in [-0.15, -0.1) is 0 Å². The third-order valence-electron chi connectivity index (χ3n) is 4.89. The van der Waals surface area contributed by atoms with Crippen molar-refractivity contribution in [2.24, 2.45) is 0 Å². The molecule has 6 heteroatoms. The number of aromatic nitrogens is 3. The van der Waals surface area contributed by atoms with E-state index in [9.17, 15) is 4.79 Å². The number of hydrogen-bond donors (Lipinski definition) is 2. The van der Waals surface area contributed by atoms with E-state index in [0.717, 1.165) is 35.4 Å². The van der Waals surface area contributed by atoms with Crippen LogP contribution in [0.25, 0.3) is 17.2 Å². The molecule has 150 valence electrons. The van der Waals surface area contributed by atoms with Crippen molar-refractivity contribution in [1.29, 1.82) is 0 Å². The van der Waals surface area contributed by atoms with E-state index >= 15 is 0 Å². The van der Waals surface area contributed by atoms with Gasteiger partial charge in [-0.25, -0.2) is 15.4 Å². The first-order chi connectivity index (χ1) is 14.7. The van der Waals surface area contributed by atoms with Crippen LogP contribution in [-0.2, 0) is 24.2 Å². The van der Waals surface area contributed by atoms with Gasteiger partial charge in [-0.3, -0.25) is 10.0 Å². The molecule has 4 rings (SSSR count).